The first-order valence-electron chi connectivity index (χ1n) is 9.40. The third-order valence-electron chi connectivity index (χ3n) is 5.62. The van der Waals surface area contributed by atoms with Crippen LogP contribution in [0.5, 0.6) is 0 Å². The van der Waals surface area contributed by atoms with Crippen LogP contribution in [0.4, 0.5) is 4.79 Å². The molecule has 0 radical (unpaired) electrons. The predicted octanol–water partition coefficient (Wildman–Crippen LogP) is 3.27. The van der Waals surface area contributed by atoms with E-state index in [2.05, 4.69) is 53.8 Å². The van der Waals surface area contributed by atoms with Crippen LogP contribution in [0.3, 0.4) is 0 Å². The molecule has 1 aromatic rings. The van der Waals surface area contributed by atoms with Gasteiger partial charge in [-0.15, -0.1) is 0 Å². The molecule has 0 aromatic heterocycles. The molecule has 132 valence electrons. The summed E-state index contributed by atoms with van der Waals surface area (Å²) in [5.74, 6) is 1.19. The average molecular weight is 329 g/mol. The Morgan fingerprint density at radius 2 is 2.04 bits per heavy atom. The van der Waals surface area contributed by atoms with Gasteiger partial charge in [0.05, 0.1) is 0 Å². The molecule has 1 saturated carbocycles. The minimum absolute atomic E-state index is 0.00938. The van der Waals surface area contributed by atoms with Crippen molar-refractivity contribution in [3.05, 3.63) is 35.4 Å². The molecule has 2 fully saturated rings. The summed E-state index contributed by atoms with van der Waals surface area (Å²) in [6.45, 7) is 5.25. The fourth-order valence-corrected chi connectivity index (χ4v) is 4.11. The largest absolute Gasteiger partial charge is 0.338 e. The molecule has 2 N–H and O–H groups in total. The molecule has 1 saturated heterocycles. The number of carbonyl (C=O) groups is 1. The summed E-state index contributed by atoms with van der Waals surface area (Å²) in [5, 5.41) is 6.23. The number of likely N-dealkylation sites (tertiary alicyclic amines) is 1. The van der Waals surface area contributed by atoms with E-state index in [-0.39, 0.29) is 6.03 Å². The molecule has 1 aromatic carbocycles. The summed E-state index contributed by atoms with van der Waals surface area (Å²) in [5.41, 5.74) is 2.81. The van der Waals surface area contributed by atoms with E-state index in [1.165, 1.54) is 36.9 Å². The monoisotopic (exact) mass is 329 g/mol. The van der Waals surface area contributed by atoms with Gasteiger partial charge in [0.1, 0.15) is 0 Å². The number of aryl methyl sites for hydroxylation is 1. The van der Waals surface area contributed by atoms with E-state index in [4.69, 9.17) is 0 Å². The molecule has 4 nitrogen and oxygen atoms in total. The van der Waals surface area contributed by atoms with Gasteiger partial charge in [-0.05, 0) is 69.2 Å². The molecule has 1 unspecified atom stereocenters. The Labute approximate surface area is 146 Å². The summed E-state index contributed by atoms with van der Waals surface area (Å²) < 4.78 is 0. The van der Waals surface area contributed by atoms with Crippen molar-refractivity contribution in [1.29, 1.82) is 0 Å². The van der Waals surface area contributed by atoms with E-state index in [0.29, 0.717) is 17.9 Å². The number of hydrogen-bond acceptors (Lipinski definition) is 2. The summed E-state index contributed by atoms with van der Waals surface area (Å²) in [7, 11) is 2.18. The van der Waals surface area contributed by atoms with Crippen LogP contribution in [0, 0.1) is 12.8 Å². The highest BCUT2D eigenvalue weighted by Gasteiger charge is 2.32. The highest BCUT2D eigenvalue weighted by molar-refractivity contribution is 5.74. The molecule has 2 aliphatic rings. The minimum Gasteiger partial charge on any atom is -0.338 e. The Balaban J connectivity index is 1.37. The van der Waals surface area contributed by atoms with E-state index in [9.17, 15) is 4.79 Å². The van der Waals surface area contributed by atoms with Crippen molar-refractivity contribution in [2.75, 3.05) is 26.7 Å². The predicted molar refractivity (Wildman–Crippen MR) is 98.3 cm³/mol. The lowest BCUT2D eigenvalue weighted by Crippen LogP contribution is -2.49. The molecule has 24 heavy (non-hydrogen) atoms. The maximum Gasteiger partial charge on any atom is 0.315 e. The first-order valence-corrected chi connectivity index (χ1v) is 9.40. The fraction of sp³-hybridized carbons (Fsp3) is 0.650. The van der Waals surface area contributed by atoms with Gasteiger partial charge in [0, 0.05) is 19.1 Å². The maximum absolute atomic E-state index is 12.1. The Hall–Kier alpha value is -1.55. The lowest BCUT2D eigenvalue weighted by molar-refractivity contribution is 0.218. The zero-order valence-electron chi connectivity index (χ0n) is 15.1. The van der Waals surface area contributed by atoms with Gasteiger partial charge >= 0.3 is 6.03 Å². The summed E-state index contributed by atoms with van der Waals surface area (Å²) in [6.07, 6.45) is 5.90. The van der Waals surface area contributed by atoms with E-state index in [1.54, 1.807) is 0 Å². The second kappa shape index (κ2) is 8.02. The van der Waals surface area contributed by atoms with Crippen LogP contribution >= 0.6 is 0 Å². The van der Waals surface area contributed by atoms with Crippen LogP contribution in [0.2, 0.25) is 0 Å². The van der Waals surface area contributed by atoms with Gasteiger partial charge < -0.3 is 15.5 Å². The smallest absolute Gasteiger partial charge is 0.315 e. The van der Waals surface area contributed by atoms with Crippen LogP contribution in [-0.2, 0) is 0 Å². The molecule has 1 aliphatic carbocycles. The molecule has 1 heterocycles. The van der Waals surface area contributed by atoms with Gasteiger partial charge in [-0.3, -0.25) is 0 Å². The first-order chi connectivity index (χ1) is 11.6. The summed E-state index contributed by atoms with van der Waals surface area (Å²) in [6, 6.07) is 8.93. The number of urea groups is 1. The molecule has 4 heteroatoms. The summed E-state index contributed by atoms with van der Waals surface area (Å²) in [4.78, 5) is 14.5. The van der Waals surface area contributed by atoms with E-state index >= 15 is 0 Å². The normalized spacial score (nSPS) is 27.8. The van der Waals surface area contributed by atoms with Crippen molar-refractivity contribution in [3.8, 4) is 0 Å². The maximum atomic E-state index is 12.1. The zero-order valence-corrected chi connectivity index (χ0v) is 15.1. The standard InChI is InChI=1S/C20H31N3O/c1-15-7-3-4-9-19(15)17-11-18(12-17)22-20(24)21-13-16-8-5-6-10-23(2)14-16/h3-4,7,9,16-18H,5-6,8,10-14H2,1-2H3,(H2,21,22,24). The van der Waals surface area contributed by atoms with Crippen molar-refractivity contribution in [2.24, 2.45) is 5.92 Å². The molecular weight excluding hydrogens is 298 g/mol. The second-order valence-electron chi connectivity index (χ2n) is 7.70. The van der Waals surface area contributed by atoms with Gasteiger partial charge in [0.25, 0.3) is 0 Å². The highest BCUT2D eigenvalue weighted by atomic mass is 16.2. The van der Waals surface area contributed by atoms with Crippen LogP contribution in [0.25, 0.3) is 0 Å². The summed E-state index contributed by atoms with van der Waals surface area (Å²) >= 11 is 0. The third kappa shape index (κ3) is 4.50. The highest BCUT2D eigenvalue weighted by Crippen LogP contribution is 2.38. The van der Waals surface area contributed by atoms with E-state index < -0.39 is 0 Å². The average Bonchev–Trinajstić information content (AvgIpc) is 2.74. The van der Waals surface area contributed by atoms with Gasteiger partial charge in [-0.2, -0.15) is 0 Å². The molecule has 3 rings (SSSR count). The number of hydrogen-bond donors (Lipinski definition) is 2. The van der Waals surface area contributed by atoms with Gasteiger partial charge in [-0.1, -0.05) is 30.7 Å². The number of carbonyl (C=O) groups excluding carboxylic acids is 1. The number of benzene rings is 1. The number of nitrogens with one attached hydrogen (secondary N) is 2. The van der Waals surface area contributed by atoms with Gasteiger partial charge in [0.15, 0.2) is 0 Å². The van der Waals surface area contributed by atoms with Gasteiger partial charge in [0.2, 0.25) is 0 Å². The molecule has 0 bridgehead atoms. The fourth-order valence-electron chi connectivity index (χ4n) is 4.11. The number of nitrogens with zero attached hydrogens (tertiary/aromatic N) is 1. The van der Waals surface area contributed by atoms with Gasteiger partial charge in [-0.25, -0.2) is 4.79 Å². The lowest BCUT2D eigenvalue weighted by Gasteiger charge is -2.37. The van der Waals surface area contributed by atoms with Crippen LogP contribution in [-0.4, -0.2) is 43.7 Å². The molecule has 0 spiro atoms. The Bertz CT molecular complexity index is 554. The number of amides is 2. The van der Waals surface area contributed by atoms with Crippen LogP contribution < -0.4 is 10.6 Å². The quantitative estimate of drug-likeness (QED) is 0.890. The SMILES string of the molecule is Cc1ccccc1C1CC(NC(=O)NCC2CCCCN(C)C2)C1. The van der Waals surface area contributed by atoms with Crippen molar-refractivity contribution in [1.82, 2.24) is 15.5 Å². The third-order valence-corrected chi connectivity index (χ3v) is 5.62. The topological polar surface area (TPSA) is 44.4 Å². The van der Waals surface area contributed by atoms with Crippen molar-refractivity contribution < 1.29 is 4.79 Å². The Morgan fingerprint density at radius 1 is 1.25 bits per heavy atom. The Kier molecular flexibility index (Phi) is 5.77. The number of rotatable bonds is 4. The second-order valence-corrected chi connectivity index (χ2v) is 7.70. The Morgan fingerprint density at radius 3 is 2.83 bits per heavy atom. The van der Waals surface area contributed by atoms with Crippen molar-refractivity contribution in [2.45, 2.75) is 51.0 Å². The molecule has 2 amide bonds. The molecular formula is C20H31N3O. The van der Waals surface area contributed by atoms with Crippen LogP contribution in [0.15, 0.2) is 24.3 Å². The van der Waals surface area contributed by atoms with Crippen LogP contribution in [0.1, 0.15) is 49.1 Å². The van der Waals surface area contributed by atoms with Crippen molar-refractivity contribution >= 4 is 6.03 Å². The van der Waals surface area contributed by atoms with Crippen molar-refractivity contribution in [3.63, 3.8) is 0 Å². The zero-order chi connectivity index (χ0) is 16.9. The van der Waals surface area contributed by atoms with E-state index in [1.807, 2.05) is 0 Å². The van der Waals surface area contributed by atoms with E-state index in [0.717, 1.165) is 25.9 Å². The minimum atomic E-state index is 0.00938. The molecule has 1 atom stereocenters. The first kappa shape index (κ1) is 17.3. The molecule has 1 aliphatic heterocycles. The lowest BCUT2D eigenvalue weighted by atomic mass is 9.74.